The van der Waals surface area contributed by atoms with Crippen LogP contribution in [0.3, 0.4) is 0 Å². The fourth-order valence-electron chi connectivity index (χ4n) is 7.14. The molecule has 4 saturated heterocycles. The van der Waals surface area contributed by atoms with Gasteiger partial charge in [0.1, 0.15) is 6.04 Å². The zero-order chi connectivity index (χ0) is 30.0. The number of aliphatic hydroxyl groups is 1. The number of alkyl halides is 1. The fraction of sp³-hybridized carbons (Fsp3) is 0.581. The maximum Gasteiger partial charge on any atom is 0.247 e. The lowest BCUT2D eigenvalue weighted by atomic mass is 9.70. The van der Waals surface area contributed by atoms with Crippen LogP contribution in [0.15, 0.2) is 55.6 Å². The van der Waals surface area contributed by atoms with E-state index in [1.807, 2.05) is 30.3 Å². The second-order valence-corrected chi connectivity index (χ2v) is 14.3. The number of amides is 3. The molecule has 228 valence electrons. The van der Waals surface area contributed by atoms with Gasteiger partial charge in [-0.15, -0.1) is 24.9 Å². The Labute approximate surface area is 261 Å². The summed E-state index contributed by atoms with van der Waals surface area (Å²) in [5.41, 5.74) is 0.745. The van der Waals surface area contributed by atoms with Crippen LogP contribution in [0.5, 0.6) is 0 Å². The molecule has 1 spiro atoms. The molecule has 0 saturated carbocycles. The summed E-state index contributed by atoms with van der Waals surface area (Å²) in [6.07, 6.45) is 4.00. The van der Waals surface area contributed by atoms with E-state index in [0.717, 1.165) is 18.8 Å². The van der Waals surface area contributed by atoms with E-state index < -0.39 is 28.7 Å². The molecule has 4 aliphatic rings. The Morgan fingerprint density at radius 2 is 1.88 bits per heavy atom. The van der Waals surface area contributed by atoms with Crippen molar-refractivity contribution in [1.29, 1.82) is 0 Å². The lowest BCUT2D eigenvalue weighted by Crippen LogP contribution is -2.58. The van der Waals surface area contributed by atoms with Crippen molar-refractivity contribution in [2.24, 2.45) is 11.8 Å². The smallest absolute Gasteiger partial charge is 0.247 e. The molecule has 0 aliphatic carbocycles. The van der Waals surface area contributed by atoms with E-state index in [4.69, 9.17) is 4.74 Å². The summed E-state index contributed by atoms with van der Waals surface area (Å²) < 4.78 is 4.69. The van der Waals surface area contributed by atoms with Gasteiger partial charge in [-0.25, -0.2) is 0 Å². The summed E-state index contributed by atoms with van der Waals surface area (Å²) >= 11 is 5.46. The van der Waals surface area contributed by atoms with Crippen LogP contribution in [-0.4, -0.2) is 124 Å². The molecule has 42 heavy (non-hydrogen) atoms. The lowest BCUT2D eigenvalue weighted by Gasteiger charge is -2.40. The average Bonchev–Trinajstić information content (AvgIpc) is 3.61. The number of halogens is 1. The van der Waals surface area contributed by atoms with Gasteiger partial charge >= 0.3 is 0 Å². The molecule has 3 amide bonds. The minimum absolute atomic E-state index is 0.0391. The van der Waals surface area contributed by atoms with Crippen molar-refractivity contribution >= 4 is 51.1 Å². The molecule has 1 N–H and O–H groups in total. The van der Waals surface area contributed by atoms with Gasteiger partial charge in [0.2, 0.25) is 17.7 Å². The number of likely N-dealkylation sites (tertiary alicyclic amines) is 1. The number of benzene rings is 1. The van der Waals surface area contributed by atoms with Crippen molar-refractivity contribution in [2.45, 2.75) is 40.3 Å². The first-order valence-electron chi connectivity index (χ1n) is 14.7. The number of nitrogens with zero attached hydrogens (tertiary/aromatic N) is 4. The minimum Gasteiger partial charge on any atom is -0.394 e. The largest absolute Gasteiger partial charge is 0.394 e. The Hall–Kier alpha value is -2.18. The Balaban J connectivity index is 1.50. The van der Waals surface area contributed by atoms with E-state index in [9.17, 15) is 19.5 Å². The first-order valence-corrected chi connectivity index (χ1v) is 16.5. The number of rotatable bonds is 12. The molecule has 3 unspecified atom stereocenters. The van der Waals surface area contributed by atoms with E-state index >= 15 is 0 Å². The third-order valence-corrected chi connectivity index (χ3v) is 12.3. The second-order valence-electron chi connectivity index (χ2n) is 11.5. The molecular formula is C31H41BrN4O5S. The molecule has 7 atom stereocenters. The van der Waals surface area contributed by atoms with Crippen LogP contribution >= 0.6 is 27.7 Å². The fourth-order valence-corrected chi connectivity index (χ4v) is 10.7. The number of aliphatic hydroxyl groups excluding tert-OH is 1. The standard InChI is InChI=1S/C31H41BrN4O5S/c1-4-11-34(14-13-33-15-17-41-18-16-33)30(40)27-31-19-23(32)26(42-31)24(25(31)29(39)36(27)21(3)20-37)28(38)35(12-5-2)22-9-7-6-8-10-22/h4-10,21,23-27,37H,1-2,11-20H2,3H3/t21-,23?,24+,25+,26+,27?,31?/m1/s1. The number of morpholine rings is 1. The van der Waals surface area contributed by atoms with Crippen LogP contribution in [0, 0.1) is 11.8 Å². The van der Waals surface area contributed by atoms with Crippen LogP contribution in [-0.2, 0) is 19.1 Å². The van der Waals surface area contributed by atoms with Gasteiger partial charge in [0.25, 0.3) is 0 Å². The average molecular weight is 662 g/mol. The SMILES string of the molecule is C=CCN(CCN1CCOCC1)C(=O)C1N([C@H](C)CO)C(=O)[C@@H]2[C@H](C(=O)N(CC=C)c3ccccc3)[C@H]3SC12CC3Br. The quantitative estimate of drug-likeness (QED) is 0.272. The van der Waals surface area contributed by atoms with Crippen molar-refractivity contribution < 1.29 is 24.2 Å². The third-order valence-electron chi connectivity index (χ3n) is 9.08. The molecule has 0 aromatic heterocycles. The van der Waals surface area contributed by atoms with Gasteiger partial charge in [0.15, 0.2) is 0 Å². The summed E-state index contributed by atoms with van der Waals surface area (Å²) in [4.78, 5) is 50.7. The van der Waals surface area contributed by atoms with Gasteiger partial charge in [0, 0.05) is 55.0 Å². The Bertz CT molecular complexity index is 1180. The maximum atomic E-state index is 14.6. The highest BCUT2D eigenvalue weighted by molar-refractivity contribution is 9.09. The zero-order valence-electron chi connectivity index (χ0n) is 24.1. The number of thioether (sulfide) groups is 1. The maximum absolute atomic E-state index is 14.6. The summed E-state index contributed by atoms with van der Waals surface area (Å²) in [6.45, 7) is 14.1. The van der Waals surface area contributed by atoms with E-state index in [1.54, 1.807) is 45.5 Å². The molecule has 9 nitrogen and oxygen atoms in total. The van der Waals surface area contributed by atoms with Gasteiger partial charge in [-0.05, 0) is 25.5 Å². The Morgan fingerprint density at radius 1 is 1.19 bits per heavy atom. The summed E-state index contributed by atoms with van der Waals surface area (Å²) in [7, 11) is 0. The monoisotopic (exact) mass is 660 g/mol. The highest BCUT2D eigenvalue weighted by Gasteiger charge is 2.76. The van der Waals surface area contributed by atoms with Crippen molar-refractivity contribution in [3.63, 3.8) is 0 Å². The van der Waals surface area contributed by atoms with Crippen LogP contribution in [0.1, 0.15) is 13.3 Å². The lowest BCUT2D eigenvalue weighted by molar-refractivity contribution is -0.145. The van der Waals surface area contributed by atoms with Crippen LogP contribution in [0.25, 0.3) is 0 Å². The molecule has 4 fully saturated rings. The van der Waals surface area contributed by atoms with Gasteiger partial charge in [-0.2, -0.15) is 0 Å². The highest BCUT2D eigenvalue weighted by atomic mass is 79.9. The van der Waals surface area contributed by atoms with E-state index in [1.165, 1.54) is 0 Å². The van der Waals surface area contributed by atoms with Crippen LogP contribution in [0.2, 0.25) is 0 Å². The van der Waals surface area contributed by atoms with Crippen LogP contribution in [0.4, 0.5) is 5.69 Å². The number of hydrogen-bond donors (Lipinski definition) is 1. The number of para-hydroxylation sites is 1. The van der Waals surface area contributed by atoms with Crippen molar-refractivity contribution in [2.75, 3.05) is 64.0 Å². The second kappa shape index (κ2) is 13.2. The number of carbonyl (C=O) groups excluding carboxylic acids is 3. The van der Waals surface area contributed by atoms with Crippen molar-refractivity contribution in [3.05, 3.63) is 55.6 Å². The summed E-state index contributed by atoms with van der Waals surface area (Å²) in [5.74, 6) is -1.79. The van der Waals surface area contributed by atoms with E-state index in [-0.39, 0.29) is 34.4 Å². The van der Waals surface area contributed by atoms with E-state index in [0.29, 0.717) is 45.8 Å². The van der Waals surface area contributed by atoms with E-state index in [2.05, 4.69) is 34.0 Å². The molecule has 5 rings (SSSR count). The summed E-state index contributed by atoms with van der Waals surface area (Å²) in [6, 6.07) is 8.07. The minimum atomic E-state index is -0.792. The number of anilines is 1. The van der Waals surface area contributed by atoms with Crippen LogP contribution < -0.4 is 4.90 Å². The number of ether oxygens (including phenoxy) is 1. The normalized spacial score (nSPS) is 31.1. The Kier molecular flexibility index (Phi) is 9.83. The molecule has 2 bridgehead atoms. The van der Waals surface area contributed by atoms with Gasteiger partial charge in [-0.3, -0.25) is 19.3 Å². The highest BCUT2D eigenvalue weighted by Crippen LogP contribution is 2.68. The number of fused-ring (bicyclic) bond motifs is 1. The topological polar surface area (TPSA) is 93.6 Å². The summed E-state index contributed by atoms with van der Waals surface area (Å²) in [5, 5.41) is 10.1. The number of carbonyl (C=O) groups is 3. The predicted molar refractivity (Wildman–Crippen MR) is 169 cm³/mol. The molecule has 0 radical (unpaired) electrons. The van der Waals surface area contributed by atoms with Gasteiger partial charge < -0.3 is 24.5 Å². The first-order chi connectivity index (χ1) is 20.3. The zero-order valence-corrected chi connectivity index (χ0v) is 26.5. The molecular weight excluding hydrogens is 620 g/mol. The molecule has 11 heteroatoms. The molecule has 1 aromatic carbocycles. The van der Waals surface area contributed by atoms with Crippen molar-refractivity contribution in [1.82, 2.24) is 14.7 Å². The van der Waals surface area contributed by atoms with Gasteiger partial charge in [-0.1, -0.05) is 46.3 Å². The predicted octanol–water partition coefficient (Wildman–Crippen LogP) is 2.40. The molecule has 1 aromatic rings. The third kappa shape index (κ3) is 5.47. The Morgan fingerprint density at radius 3 is 2.52 bits per heavy atom. The molecule has 4 heterocycles. The molecule has 4 aliphatic heterocycles. The van der Waals surface area contributed by atoms with Crippen molar-refractivity contribution in [3.8, 4) is 0 Å². The number of hydrogen-bond acceptors (Lipinski definition) is 7. The van der Waals surface area contributed by atoms with Gasteiger partial charge in [0.05, 0.1) is 42.4 Å². The first kappa shape index (κ1) is 31.3.